The SMILES string of the molecule is CCN1CCN(CCCc2ccc(OCC(C)C)c(N)c2)CC1. The Bertz CT molecular complexity index is 468. The maximum absolute atomic E-state index is 6.11. The van der Waals surface area contributed by atoms with Gasteiger partial charge in [0, 0.05) is 26.2 Å². The van der Waals surface area contributed by atoms with E-state index in [0.29, 0.717) is 12.5 Å². The second-order valence-electron chi connectivity index (χ2n) is 6.96. The fraction of sp³-hybridized carbons (Fsp3) is 0.684. The van der Waals surface area contributed by atoms with E-state index in [4.69, 9.17) is 10.5 Å². The minimum Gasteiger partial charge on any atom is -0.491 e. The zero-order valence-corrected chi connectivity index (χ0v) is 15.1. The minimum atomic E-state index is 0.516. The van der Waals surface area contributed by atoms with Crippen LogP contribution >= 0.6 is 0 Å². The maximum atomic E-state index is 6.11. The van der Waals surface area contributed by atoms with E-state index in [1.165, 1.54) is 51.3 Å². The van der Waals surface area contributed by atoms with Crippen LogP contribution in [0.4, 0.5) is 5.69 Å². The van der Waals surface area contributed by atoms with E-state index in [0.717, 1.165) is 17.9 Å². The predicted octanol–water partition coefficient (Wildman–Crippen LogP) is 2.87. The van der Waals surface area contributed by atoms with Gasteiger partial charge in [-0.25, -0.2) is 0 Å². The molecular formula is C19H33N3O. The van der Waals surface area contributed by atoms with E-state index < -0.39 is 0 Å². The number of nitrogens with two attached hydrogens (primary N) is 1. The molecule has 1 saturated heterocycles. The van der Waals surface area contributed by atoms with Crippen molar-refractivity contribution in [3.05, 3.63) is 23.8 Å². The standard InChI is InChI=1S/C19H33N3O/c1-4-21-10-12-22(13-11-21)9-5-6-17-7-8-19(18(20)14-17)23-15-16(2)3/h7-8,14,16H,4-6,9-13,15,20H2,1-3H3. The van der Waals surface area contributed by atoms with Gasteiger partial charge >= 0.3 is 0 Å². The topological polar surface area (TPSA) is 41.7 Å². The monoisotopic (exact) mass is 319 g/mol. The number of piperazine rings is 1. The van der Waals surface area contributed by atoms with Gasteiger partial charge in [0.15, 0.2) is 0 Å². The molecule has 0 bridgehead atoms. The normalized spacial score (nSPS) is 16.9. The summed E-state index contributed by atoms with van der Waals surface area (Å²) in [5, 5.41) is 0. The molecule has 1 aliphatic rings. The molecule has 0 unspecified atom stereocenters. The number of anilines is 1. The van der Waals surface area contributed by atoms with Gasteiger partial charge in [0.2, 0.25) is 0 Å². The molecule has 23 heavy (non-hydrogen) atoms. The van der Waals surface area contributed by atoms with Crippen molar-refractivity contribution in [2.45, 2.75) is 33.6 Å². The lowest BCUT2D eigenvalue weighted by Crippen LogP contribution is -2.46. The van der Waals surface area contributed by atoms with E-state index in [2.05, 4.69) is 42.7 Å². The molecule has 0 atom stereocenters. The molecule has 0 aliphatic carbocycles. The fourth-order valence-corrected chi connectivity index (χ4v) is 2.98. The highest BCUT2D eigenvalue weighted by molar-refractivity contribution is 5.54. The summed E-state index contributed by atoms with van der Waals surface area (Å²) in [6.07, 6.45) is 2.28. The number of ether oxygens (including phenoxy) is 1. The van der Waals surface area contributed by atoms with Crippen molar-refractivity contribution in [1.82, 2.24) is 9.80 Å². The number of rotatable bonds is 8. The van der Waals surface area contributed by atoms with E-state index in [1.54, 1.807) is 0 Å². The summed E-state index contributed by atoms with van der Waals surface area (Å²) in [4.78, 5) is 5.10. The lowest BCUT2D eigenvalue weighted by atomic mass is 10.1. The predicted molar refractivity (Wildman–Crippen MR) is 98.1 cm³/mol. The summed E-state index contributed by atoms with van der Waals surface area (Å²) in [6, 6.07) is 6.25. The van der Waals surface area contributed by atoms with Crippen LogP contribution in [0.2, 0.25) is 0 Å². The smallest absolute Gasteiger partial charge is 0.142 e. The molecular weight excluding hydrogens is 286 g/mol. The number of likely N-dealkylation sites (N-methyl/N-ethyl adjacent to an activating group) is 1. The second kappa shape index (κ2) is 9.14. The highest BCUT2D eigenvalue weighted by atomic mass is 16.5. The van der Waals surface area contributed by atoms with Crippen LogP contribution in [-0.2, 0) is 6.42 Å². The first-order valence-electron chi connectivity index (χ1n) is 9.04. The van der Waals surface area contributed by atoms with E-state index >= 15 is 0 Å². The maximum Gasteiger partial charge on any atom is 0.142 e. The minimum absolute atomic E-state index is 0.516. The molecule has 1 aliphatic heterocycles. The van der Waals surface area contributed by atoms with Gasteiger partial charge in [-0.15, -0.1) is 0 Å². The Kier molecular flexibility index (Phi) is 7.18. The van der Waals surface area contributed by atoms with E-state index in [1.807, 2.05) is 6.07 Å². The van der Waals surface area contributed by atoms with E-state index in [-0.39, 0.29) is 0 Å². The van der Waals surface area contributed by atoms with Crippen molar-refractivity contribution >= 4 is 5.69 Å². The first-order valence-corrected chi connectivity index (χ1v) is 9.04. The van der Waals surface area contributed by atoms with Gasteiger partial charge in [0.05, 0.1) is 12.3 Å². The Morgan fingerprint density at radius 1 is 1.13 bits per heavy atom. The largest absolute Gasteiger partial charge is 0.491 e. The van der Waals surface area contributed by atoms with Crippen LogP contribution in [0.5, 0.6) is 5.75 Å². The average molecular weight is 319 g/mol. The van der Waals surface area contributed by atoms with E-state index in [9.17, 15) is 0 Å². The number of hydrogen-bond donors (Lipinski definition) is 1. The molecule has 0 radical (unpaired) electrons. The molecule has 1 aromatic carbocycles. The lowest BCUT2D eigenvalue weighted by molar-refractivity contribution is 0.136. The molecule has 4 heteroatoms. The average Bonchev–Trinajstić information content (AvgIpc) is 2.54. The van der Waals surface area contributed by atoms with Crippen molar-refractivity contribution in [2.24, 2.45) is 5.92 Å². The molecule has 2 rings (SSSR count). The summed E-state index contributed by atoms with van der Waals surface area (Å²) in [6.45, 7) is 14.5. The zero-order valence-electron chi connectivity index (χ0n) is 15.1. The molecule has 0 saturated carbocycles. The molecule has 4 nitrogen and oxygen atoms in total. The van der Waals surface area contributed by atoms with Gasteiger partial charge in [-0.05, 0) is 49.5 Å². The summed E-state index contributed by atoms with van der Waals surface area (Å²) < 4.78 is 5.74. The van der Waals surface area contributed by atoms with Crippen LogP contribution in [0.25, 0.3) is 0 Å². The highest BCUT2D eigenvalue weighted by Crippen LogP contribution is 2.23. The summed E-state index contributed by atoms with van der Waals surface area (Å²) in [5.41, 5.74) is 8.19. The Labute approximate surface area is 141 Å². The Morgan fingerprint density at radius 2 is 1.83 bits per heavy atom. The molecule has 130 valence electrons. The number of aryl methyl sites for hydroxylation is 1. The first-order chi connectivity index (χ1) is 11.1. The van der Waals surface area contributed by atoms with Crippen LogP contribution in [0, 0.1) is 5.92 Å². The van der Waals surface area contributed by atoms with Gasteiger partial charge in [0.1, 0.15) is 5.75 Å². The lowest BCUT2D eigenvalue weighted by Gasteiger charge is -2.34. The van der Waals surface area contributed by atoms with Gasteiger partial charge < -0.3 is 20.3 Å². The van der Waals surface area contributed by atoms with Crippen LogP contribution in [0.15, 0.2) is 18.2 Å². The van der Waals surface area contributed by atoms with Gasteiger partial charge in [-0.3, -0.25) is 0 Å². The third-order valence-corrected chi connectivity index (χ3v) is 4.50. The summed E-state index contributed by atoms with van der Waals surface area (Å²) >= 11 is 0. The van der Waals surface area contributed by atoms with Crippen molar-refractivity contribution in [1.29, 1.82) is 0 Å². The molecule has 1 aromatic rings. The second-order valence-corrected chi connectivity index (χ2v) is 6.96. The fourth-order valence-electron chi connectivity index (χ4n) is 2.98. The molecule has 1 fully saturated rings. The molecule has 0 spiro atoms. The molecule has 0 aromatic heterocycles. The molecule has 2 N–H and O–H groups in total. The highest BCUT2D eigenvalue weighted by Gasteiger charge is 2.14. The van der Waals surface area contributed by atoms with Crippen LogP contribution < -0.4 is 10.5 Å². The van der Waals surface area contributed by atoms with Crippen LogP contribution in [0.3, 0.4) is 0 Å². The molecule has 1 heterocycles. The summed E-state index contributed by atoms with van der Waals surface area (Å²) in [5.74, 6) is 1.33. The van der Waals surface area contributed by atoms with Crippen LogP contribution in [0.1, 0.15) is 32.8 Å². The van der Waals surface area contributed by atoms with Gasteiger partial charge in [-0.2, -0.15) is 0 Å². The number of nitrogen functional groups attached to an aromatic ring is 1. The van der Waals surface area contributed by atoms with Crippen molar-refractivity contribution in [3.8, 4) is 5.75 Å². The zero-order chi connectivity index (χ0) is 16.7. The number of benzene rings is 1. The molecule has 0 amide bonds. The van der Waals surface area contributed by atoms with Gasteiger partial charge in [-0.1, -0.05) is 26.8 Å². The van der Waals surface area contributed by atoms with Crippen LogP contribution in [-0.4, -0.2) is 55.7 Å². The Balaban J connectivity index is 1.72. The Morgan fingerprint density at radius 3 is 2.43 bits per heavy atom. The van der Waals surface area contributed by atoms with Gasteiger partial charge in [0.25, 0.3) is 0 Å². The third kappa shape index (κ3) is 6.04. The van der Waals surface area contributed by atoms with Crippen molar-refractivity contribution in [2.75, 3.05) is 51.6 Å². The Hall–Kier alpha value is -1.26. The summed E-state index contributed by atoms with van der Waals surface area (Å²) in [7, 11) is 0. The first kappa shape index (κ1) is 18.1. The number of nitrogens with zero attached hydrogens (tertiary/aromatic N) is 2. The van der Waals surface area contributed by atoms with Crippen molar-refractivity contribution < 1.29 is 4.74 Å². The third-order valence-electron chi connectivity index (χ3n) is 4.50. The van der Waals surface area contributed by atoms with Crippen molar-refractivity contribution in [3.63, 3.8) is 0 Å². The number of hydrogen-bond acceptors (Lipinski definition) is 4. The quantitative estimate of drug-likeness (QED) is 0.748.